The van der Waals surface area contributed by atoms with Gasteiger partial charge in [-0.2, -0.15) is 0 Å². The Kier molecular flexibility index (Phi) is 5.63. The molecule has 2 aromatic carbocycles. The van der Waals surface area contributed by atoms with Gasteiger partial charge < -0.3 is 20.1 Å². The number of ether oxygens (including phenoxy) is 2. The number of amides is 2. The highest BCUT2D eigenvalue weighted by molar-refractivity contribution is 6.17. The normalized spacial score (nSPS) is 13.7. The van der Waals surface area contributed by atoms with Gasteiger partial charge in [0.15, 0.2) is 0 Å². The van der Waals surface area contributed by atoms with Gasteiger partial charge in [-0.05, 0) is 43.2 Å². The molecule has 8 heteroatoms. The minimum atomic E-state index is -1.23. The van der Waals surface area contributed by atoms with E-state index in [-0.39, 0.29) is 16.8 Å². The van der Waals surface area contributed by atoms with E-state index in [4.69, 9.17) is 4.74 Å². The van der Waals surface area contributed by atoms with Gasteiger partial charge in [0.1, 0.15) is 5.41 Å². The summed E-state index contributed by atoms with van der Waals surface area (Å²) in [5.41, 5.74) is -0.0928. The molecule has 2 N–H and O–H groups in total. The first-order valence-corrected chi connectivity index (χ1v) is 8.90. The lowest BCUT2D eigenvalue weighted by Gasteiger charge is -2.17. The summed E-state index contributed by atoms with van der Waals surface area (Å²) in [6, 6.07) is 12.7. The number of para-hydroxylation sites is 1. The fourth-order valence-electron chi connectivity index (χ4n) is 2.90. The predicted molar refractivity (Wildman–Crippen MR) is 104 cm³/mol. The summed E-state index contributed by atoms with van der Waals surface area (Å²) in [6.45, 7) is 0. The van der Waals surface area contributed by atoms with E-state index in [1.165, 1.54) is 26.4 Å². The minimum Gasteiger partial charge on any atom is -0.465 e. The average molecular weight is 396 g/mol. The van der Waals surface area contributed by atoms with Crippen LogP contribution in [0.1, 0.15) is 33.6 Å². The number of hydrogen-bond donors (Lipinski definition) is 2. The molecule has 0 aromatic heterocycles. The molecule has 8 nitrogen and oxygen atoms in total. The Morgan fingerprint density at radius 2 is 1.48 bits per heavy atom. The summed E-state index contributed by atoms with van der Waals surface area (Å²) in [4.78, 5) is 49.1. The van der Waals surface area contributed by atoms with Gasteiger partial charge in [-0.3, -0.25) is 9.59 Å². The Bertz CT molecular complexity index is 981. The SMILES string of the molecule is COC(=O)c1cccc(NC(=O)C2(C(=O)Nc3ccccc3C(=O)OC)CC2)c1. The van der Waals surface area contributed by atoms with E-state index < -0.39 is 29.2 Å². The van der Waals surface area contributed by atoms with Crippen molar-refractivity contribution in [1.82, 2.24) is 0 Å². The first-order valence-electron chi connectivity index (χ1n) is 8.90. The molecule has 1 fully saturated rings. The van der Waals surface area contributed by atoms with Crippen molar-refractivity contribution in [2.24, 2.45) is 5.41 Å². The third kappa shape index (κ3) is 4.11. The maximum atomic E-state index is 12.8. The van der Waals surface area contributed by atoms with E-state index in [1.807, 2.05) is 0 Å². The largest absolute Gasteiger partial charge is 0.465 e. The van der Waals surface area contributed by atoms with Crippen molar-refractivity contribution in [1.29, 1.82) is 0 Å². The molecule has 0 unspecified atom stereocenters. The van der Waals surface area contributed by atoms with Crippen LogP contribution in [0, 0.1) is 5.41 Å². The minimum absolute atomic E-state index is 0.199. The topological polar surface area (TPSA) is 111 Å². The van der Waals surface area contributed by atoms with Gasteiger partial charge >= 0.3 is 11.9 Å². The number of benzene rings is 2. The van der Waals surface area contributed by atoms with E-state index in [2.05, 4.69) is 15.4 Å². The van der Waals surface area contributed by atoms with Crippen LogP contribution in [0.5, 0.6) is 0 Å². The molecule has 150 valence electrons. The third-order valence-electron chi connectivity index (χ3n) is 4.74. The van der Waals surface area contributed by atoms with Crippen molar-refractivity contribution in [3.05, 3.63) is 59.7 Å². The molecular weight excluding hydrogens is 376 g/mol. The van der Waals surface area contributed by atoms with Crippen molar-refractivity contribution in [3.8, 4) is 0 Å². The fraction of sp³-hybridized carbons (Fsp3) is 0.238. The highest BCUT2D eigenvalue weighted by Crippen LogP contribution is 2.47. The van der Waals surface area contributed by atoms with E-state index in [9.17, 15) is 19.2 Å². The van der Waals surface area contributed by atoms with Crippen molar-refractivity contribution in [2.75, 3.05) is 24.9 Å². The van der Waals surface area contributed by atoms with Gasteiger partial charge in [-0.25, -0.2) is 9.59 Å². The molecule has 2 amide bonds. The third-order valence-corrected chi connectivity index (χ3v) is 4.74. The van der Waals surface area contributed by atoms with Crippen LogP contribution in [0.25, 0.3) is 0 Å². The van der Waals surface area contributed by atoms with Gasteiger partial charge in [0, 0.05) is 5.69 Å². The molecule has 0 heterocycles. The van der Waals surface area contributed by atoms with Crippen LogP contribution in [-0.4, -0.2) is 38.0 Å². The van der Waals surface area contributed by atoms with Gasteiger partial charge in [0.05, 0.1) is 31.0 Å². The first-order chi connectivity index (χ1) is 13.9. The predicted octanol–water partition coefficient (Wildman–Crippen LogP) is 2.62. The second kappa shape index (κ2) is 8.14. The lowest BCUT2D eigenvalue weighted by atomic mass is 10.0. The van der Waals surface area contributed by atoms with Crippen molar-refractivity contribution in [3.63, 3.8) is 0 Å². The van der Waals surface area contributed by atoms with E-state index in [0.29, 0.717) is 18.5 Å². The van der Waals surface area contributed by atoms with Gasteiger partial charge in [-0.15, -0.1) is 0 Å². The van der Waals surface area contributed by atoms with Crippen LogP contribution in [0.4, 0.5) is 11.4 Å². The van der Waals surface area contributed by atoms with Crippen LogP contribution >= 0.6 is 0 Å². The smallest absolute Gasteiger partial charge is 0.339 e. The molecule has 1 aliphatic rings. The molecule has 0 radical (unpaired) electrons. The van der Waals surface area contributed by atoms with Crippen LogP contribution in [0.3, 0.4) is 0 Å². The van der Waals surface area contributed by atoms with Crippen molar-refractivity contribution >= 4 is 35.1 Å². The molecule has 0 atom stereocenters. The maximum Gasteiger partial charge on any atom is 0.339 e. The molecular formula is C21H20N2O6. The lowest BCUT2D eigenvalue weighted by molar-refractivity contribution is -0.131. The molecule has 0 spiro atoms. The Labute approximate surface area is 167 Å². The van der Waals surface area contributed by atoms with E-state index in [1.54, 1.807) is 36.4 Å². The first kappa shape index (κ1) is 20.1. The zero-order valence-electron chi connectivity index (χ0n) is 16.0. The van der Waals surface area contributed by atoms with Crippen LogP contribution < -0.4 is 10.6 Å². The summed E-state index contributed by atoms with van der Waals surface area (Å²) in [6.07, 6.45) is 0.753. The molecule has 0 saturated heterocycles. The van der Waals surface area contributed by atoms with Crippen LogP contribution in [0.2, 0.25) is 0 Å². The number of esters is 2. The van der Waals surface area contributed by atoms with Crippen molar-refractivity contribution < 1.29 is 28.7 Å². The zero-order chi connectivity index (χ0) is 21.0. The second-order valence-corrected chi connectivity index (χ2v) is 6.60. The molecule has 3 rings (SSSR count). The van der Waals surface area contributed by atoms with Crippen molar-refractivity contribution in [2.45, 2.75) is 12.8 Å². The summed E-state index contributed by atoms with van der Waals surface area (Å²) in [7, 11) is 2.52. The highest BCUT2D eigenvalue weighted by atomic mass is 16.5. The lowest BCUT2D eigenvalue weighted by Crippen LogP contribution is -2.36. The number of rotatable bonds is 6. The summed E-state index contributed by atoms with van der Waals surface area (Å²) in [5.74, 6) is -2.10. The van der Waals surface area contributed by atoms with Gasteiger partial charge in [0.25, 0.3) is 0 Å². The number of hydrogen-bond acceptors (Lipinski definition) is 6. The fourth-order valence-corrected chi connectivity index (χ4v) is 2.90. The quantitative estimate of drug-likeness (QED) is 0.574. The Balaban J connectivity index is 1.75. The molecule has 2 aromatic rings. The number of nitrogens with one attached hydrogen (secondary N) is 2. The summed E-state index contributed by atoms with van der Waals surface area (Å²) < 4.78 is 9.39. The van der Waals surface area contributed by atoms with Gasteiger partial charge in [0.2, 0.25) is 11.8 Å². The summed E-state index contributed by atoms with van der Waals surface area (Å²) >= 11 is 0. The molecule has 0 bridgehead atoms. The van der Waals surface area contributed by atoms with E-state index >= 15 is 0 Å². The maximum absolute atomic E-state index is 12.8. The number of carbonyl (C=O) groups is 4. The zero-order valence-corrected chi connectivity index (χ0v) is 16.0. The summed E-state index contributed by atoms with van der Waals surface area (Å²) in [5, 5.41) is 5.34. The second-order valence-electron chi connectivity index (χ2n) is 6.60. The molecule has 1 aliphatic carbocycles. The Hall–Kier alpha value is -3.68. The number of methoxy groups -OCH3 is 2. The standard InChI is InChI=1S/C21H20N2O6/c1-28-17(24)13-6-5-7-14(12-13)22-19(26)21(10-11-21)20(27)23-16-9-4-3-8-15(16)18(25)29-2/h3-9,12H,10-11H2,1-2H3,(H,22,26)(H,23,27). The molecule has 29 heavy (non-hydrogen) atoms. The van der Waals surface area contributed by atoms with E-state index in [0.717, 1.165) is 0 Å². The highest BCUT2D eigenvalue weighted by Gasteiger charge is 2.56. The van der Waals surface area contributed by atoms with Crippen LogP contribution in [-0.2, 0) is 19.1 Å². The Morgan fingerprint density at radius 1 is 0.828 bits per heavy atom. The van der Waals surface area contributed by atoms with Gasteiger partial charge in [-0.1, -0.05) is 18.2 Å². The number of anilines is 2. The molecule has 1 saturated carbocycles. The number of carbonyl (C=O) groups excluding carboxylic acids is 4. The Morgan fingerprint density at radius 3 is 2.14 bits per heavy atom. The molecule has 0 aliphatic heterocycles. The monoisotopic (exact) mass is 396 g/mol. The average Bonchev–Trinajstić information content (AvgIpc) is 3.55. The van der Waals surface area contributed by atoms with Crippen LogP contribution in [0.15, 0.2) is 48.5 Å².